The molecule has 0 radical (unpaired) electrons. The molecule has 0 N–H and O–H groups in total. The van der Waals surface area contributed by atoms with E-state index in [1.54, 1.807) is 18.3 Å². The number of pyridine rings is 1. The molecule has 23 heavy (non-hydrogen) atoms. The number of benzene rings is 1. The summed E-state index contributed by atoms with van der Waals surface area (Å²) in [7, 11) is 0. The first kappa shape index (κ1) is 13.8. The van der Waals surface area contributed by atoms with Crippen molar-refractivity contribution in [2.45, 2.75) is 13.0 Å². The summed E-state index contributed by atoms with van der Waals surface area (Å²) < 4.78 is 28.3. The third-order valence-corrected chi connectivity index (χ3v) is 3.92. The quantitative estimate of drug-likeness (QED) is 0.694. The molecule has 0 saturated carbocycles. The molecule has 4 rings (SSSR count). The lowest BCUT2D eigenvalue weighted by Crippen LogP contribution is -2.15. The van der Waals surface area contributed by atoms with Gasteiger partial charge in [0.15, 0.2) is 17.2 Å². The highest BCUT2D eigenvalue weighted by Gasteiger charge is 2.20. The molecule has 3 aromatic rings. The minimum absolute atomic E-state index is 0.338. The number of rotatable bonds is 1. The van der Waals surface area contributed by atoms with Crippen molar-refractivity contribution in [1.82, 2.24) is 14.5 Å². The molecule has 114 valence electrons. The summed E-state index contributed by atoms with van der Waals surface area (Å²) in [6.07, 6.45) is 3.96. The van der Waals surface area contributed by atoms with Gasteiger partial charge in [0.2, 0.25) is 0 Å². The fraction of sp³-hybridized carbons (Fsp3) is 0.118. The summed E-state index contributed by atoms with van der Waals surface area (Å²) in [5, 5.41) is 0. The van der Waals surface area contributed by atoms with Crippen LogP contribution in [-0.2, 0) is 6.54 Å². The molecular weight excluding hydrogens is 300 g/mol. The van der Waals surface area contributed by atoms with Crippen molar-refractivity contribution in [3.63, 3.8) is 0 Å². The molecule has 2 aromatic heterocycles. The Balaban J connectivity index is 1.89. The number of aromatic nitrogens is 3. The SMILES string of the molecule is O=c1nc2n(c3cccnc13)CC/C2=C\c1ccc(F)c(F)c1. The van der Waals surface area contributed by atoms with Crippen LogP contribution >= 0.6 is 0 Å². The molecule has 1 aromatic carbocycles. The van der Waals surface area contributed by atoms with E-state index in [0.717, 1.165) is 23.2 Å². The maximum Gasteiger partial charge on any atom is 0.299 e. The zero-order valence-electron chi connectivity index (χ0n) is 12.0. The normalized spacial score (nSPS) is 15.3. The lowest BCUT2D eigenvalue weighted by molar-refractivity contribution is 0.508. The second-order valence-corrected chi connectivity index (χ2v) is 5.36. The van der Waals surface area contributed by atoms with Crippen molar-refractivity contribution in [2.24, 2.45) is 0 Å². The van der Waals surface area contributed by atoms with E-state index in [4.69, 9.17) is 0 Å². The molecule has 1 aliphatic heterocycles. The number of nitrogens with zero attached hydrogens (tertiary/aromatic N) is 3. The average molecular weight is 311 g/mol. The smallest absolute Gasteiger partial charge is 0.299 e. The molecule has 0 fully saturated rings. The molecule has 0 bridgehead atoms. The van der Waals surface area contributed by atoms with Crippen LogP contribution in [0.15, 0.2) is 41.3 Å². The summed E-state index contributed by atoms with van der Waals surface area (Å²) in [6.45, 7) is 0.667. The van der Waals surface area contributed by atoms with E-state index in [2.05, 4.69) is 9.97 Å². The highest BCUT2D eigenvalue weighted by molar-refractivity contribution is 5.84. The summed E-state index contributed by atoms with van der Waals surface area (Å²) in [5.74, 6) is -1.23. The van der Waals surface area contributed by atoms with Gasteiger partial charge in [-0.2, -0.15) is 4.98 Å². The van der Waals surface area contributed by atoms with Crippen molar-refractivity contribution >= 4 is 22.7 Å². The Kier molecular flexibility index (Phi) is 3.04. The molecule has 4 nitrogen and oxygen atoms in total. The van der Waals surface area contributed by atoms with Crippen LogP contribution in [0.5, 0.6) is 0 Å². The summed E-state index contributed by atoms with van der Waals surface area (Å²) in [4.78, 5) is 20.3. The van der Waals surface area contributed by atoms with Gasteiger partial charge in [0, 0.05) is 12.7 Å². The monoisotopic (exact) mass is 311 g/mol. The molecule has 0 spiro atoms. The second kappa shape index (κ2) is 5.08. The molecule has 6 heteroatoms. The van der Waals surface area contributed by atoms with Crippen molar-refractivity contribution < 1.29 is 8.78 Å². The van der Waals surface area contributed by atoms with E-state index in [0.29, 0.717) is 29.9 Å². The number of hydrogen-bond donors (Lipinski definition) is 0. The first-order valence-electron chi connectivity index (χ1n) is 7.15. The van der Waals surface area contributed by atoms with Crippen molar-refractivity contribution in [3.8, 4) is 0 Å². The topological polar surface area (TPSA) is 47.8 Å². The number of hydrogen-bond acceptors (Lipinski definition) is 3. The molecule has 0 unspecified atom stereocenters. The summed E-state index contributed by atoms with van der Waals surface area (Å²) in [6, 6.07) is 7.31. The van der Waals surface area contributed by atoms with Gasteiger partial charge >= 0.3 is 0 Å². The second-order valence-electron chi connectivity index (χ2n) is 5.36. The van der Waals surface area contributed by atoms with Gasteiger partial charge in [-0.1, -0.05) is 6.07 Å². The Bertz CT molecular complexity index is 1020. The Morgan fingerprint density at radius 2 is 2.04 bits per heavy atom. The highest BCUT2D eigenvalue weighted by atomic mass is 19.2. The number of allylic oxidation sites excluding steroid dienone is 1. The van der Waals surface area contributed by atoms with E-state index in [9.17, 15) is 13.6 Å². The van der Waals surface area contributed by atoms with Crippen molar-refractivity contribution in [3.05, 3.63) is 69.9 Å². The third-order valence-electron chi connectivity index (χ3n) is 3.92. The van der Waals surface area contributed by atoms with Gasteiger partial charge in [-0.05, 0) is 47.9 Å². The first-order chi connectivity index (χ1) is 11.1. The van der Waals surface area contributed by atoms with Crippen LogP contribution < -0.4 is 5.56 Å². The Hall–Kier alpha value is -2.89. The standard InChI is InChI=1S/C17H11F2N3O/c18-12-4-3-10(9-13(12)19)8-11-5-7-22-14-2-1-6-20-15(14)17(23)21-16(11)22/h1-4,6,8-9H,5,7H2/b11-8+. The van der Waals surface area contributed by atoms with E-state index in [1.807, 2.05) is 10.6 Å². The minimum Gasteiger partial charge on any atom is -0.324 e. The number of aryl methyl sites for hydroxylation is 1. The van der Waals surface area contributed by atoms with E-state index in [-0.39, 0.29) is 5.56 Å². The van der Waals surface area contributed by atoms with Crippen LogP contribution in [0.4, 0.5) is 8.78 Å². The third kappa shape index (κ3) is 2.23. The van der Waals surface area contributed by atoms with Gasteiger partial charge in [0.05, 0.1) is 5.52 Å². The van der Waals surface area contributed by atoms with Gasteiger partial charge < -0.3 is 4.57 Å². The van der Waals surface area contributed by atoms with Crippen LogP contribution in [0.25, 0.3) is 22.7 Å². The fourth-order valence-electron chi connectivity index (χ4n) is 2.86. The number of halogens is 2. The van der Waals surface area contributed by atoms with E-state index in [1.165, 1.54) is 6.07 Å². The van der Waals surface area contributed by atoms with Crippen LogP contribution in [0.1, 0.15) is 17.8 Å². The first-order valence-corrected chi connectivity index (χ1v) is 7.15. The van der Waals surface area contributed by atoms with Crippen LogP contribution in [0, 0.1) is 11.6 Å². The van der Waals surface area contributed by atoms with Crippen LogP contribution in [0.3, 0.4) is 0 Å². The predicted molar refractivity (Wildman–Crippen MR) is 82.6 cm³/mol. The molecule has 3 heterocycles. The number of fused-ring (bicyclic) bond motifs is 3. The van der Waals surface area contributed by atoms with E-state index >= 15 is 0 Å². The molecular formula is C17H11F2N3O. The van der Waals surface area contributed by atoms with Gasteiger partial charge in [-0.25, -0.2) is 13.8 Å². The minimum atomic E-state index is -0.898. The molecule has 0 aliphatic carbocycles. The zero-order chi connectivity index (χ0) is 16.0. The highest BCUT2D eigenvalue weighted by Crippen LogP contribution is 2.29. The van der Waals surface area contributed by atoms with Gasteiger partial charge in [0.25, 0.3) is 5.56 Å². The van der Waals surface area contributed by atoms with Gasteiger partial charge in [0.1, 0.15) is 5.82 Å². The summed E-state index contributed by atoms with van der Waals surface area (Å²) >= 11 is 0. The van der Waals surface area contributed by atoms with Crippen molar-refractivity contribution in [2.75, 3.05) is 0 Å². The Morgan fingerprint density at radius 3 is 2.87 bits per heavy atom. The average Bonchev–Trinajstić information content (AvgIpc) is 2.94. The maximum absolute atomic E-state index is 13.3. The Labute approximate surface area is 129 Å². The van der Waals surface area contributed by atoms with E-state index < -0.39 is 11.6 Å². The van der Waals surface area contributed by atoms with Crippen LogP contribution in [0.2, 0.25) is 0 Å². The van der Waals surface area contributed by atoms with Gasteiger partial charge in [-0.15, -0.1) is 0 Å². The van der Waals surface area contributed by atoms with Crippen LogP contribution in [-0.4, -0.2) is 14.5 Å². The molecule has 0 saturated heterocycles. The predicted octanol–water partition coefficient (Wildman–Crippen LogP) is 3.01. The Morgan fingerprint density at radius 1 is 1.17 bits per heavy atom. The lowest BCUT2D eigenvalue weighted by Gasteiger charge is -2.06. The summed E-state index contributed by atoms with van der Waals surface area (Å²) in [5.41, 5.74) is 2.04. The molecule has 0 amide bonds. The molecule has 1 aliphatic rings. The maximum atomic E-state index is 13.3. The zero-order valence-corrected chi connectivity index (χ0v) is 12.0. The van der Waals surface area contributed by atoms with Crippen molar-refractivity contribution in [1.29, 1.82) is 0 Å². The van der Waals surface area contributed by atoms with Gasteiger partial charge in [-0.3, -0.25) is 4.79 Å². The fourth-order valence-corrected chi connectivity index (χ4v) is 2.86. The largest absolute Gasteiger partial charge is 0.324 e. The lowest BCUT2D eigenvalue weighted by atomic mass is 10.1. The molecule has 0 atom stereocenters.